The lowest BCUT2D eigenvalue weighted by atomic mass is 10.2. The molecule has 0 fully saturated rings. The normalized spacial score (nSPS) is 10.1. The molecule has 1 aromatic heterocycles. The Morgan fingerprint density at radius 2 is 2.10 bits per heavy atom. The number of rotatable bonds is 3. The smallest absolute Gasteiger partial charge is 0.350 e. The molecule has 5 nitrogen and oxygen atoms in total. The van der Waals surface area contributed by atoms with Crippen LogP contribution < -0.4 is 5.32 Å². The third-order valence-corrected chi connectivity index (χ3v) is 3.70. The van der Waals surface area contributed by atoms with Gasteiger partial charge >= 0.3 is 5.97 Å². The number of carbonyl (C=O) groups excluding carboxylic acids is 2. The highest BCUT2D eigenvalue weighted by Crippen LogP contribution is 2.26. The molecule has 1 heterocycles. The van der Waals surface area contributed by atoms with Crippen LogP contribution in [0.15, 0.2) is 29.6 Å². The number of halogens is 1. The van der Waals surface area contributed by atoms with Gasteiger partial charge in [-0.2, -0.15) is 0 Å². The fourth-order valence-electron chi connectivity index (χ4n) is 1.54. The molecule has 1 amide bonds. The van der Waals surface area contributed by atoms with Crippen molar-refractivity contribution < 1.29 is 19.4 Å². The lowest BCUT2D eigenvalue weighted by molar-refractivity contribution is 0.0607. The van der Waals surface area contributed by atoms with Crippen LogP contribution in [0.3, 0.4) is 0 Å². The number of carbonyl (C=O) groups is 2. The number of phenols is 1. The summed E-state index contributed by atoms with van der Waals surface area (Å²) < 4.78 is 4.62. The van der Waals surface area contributed by atoms with E-state index in [1.807, 2.05) is 0 Å². The van der Waals surface area contributed by atoms with Crippen LogP contribution >= 0.6 is 22.9 Å². The van der Waals surface area contributed by atoms with Crippen LogP contribution in [-0.4, -0.2) is 24.1 Å². The maximum Gasteiger partial charge on any atom is 0.350 e. The van der Waals surface area contributed by atoms with Gasteiger partial charge in [0.25, 0.3) is 5.91 Å². The van der Waals surface area contributed by atoms with E-state index >= 15 is 0 Å². The maximum atomic E-state index is 12.1. The highest BCUT2D eigenvalue weighted by molar-refractivity contribution is 7.12. The molecule has 0 spiro atoms. The molecule has 0 aliphatic heterocycles. The zero-order valence-corrected chi connectivity index (χ0v) is 11.9. The zero-order chi connectivity index (χ0) is 14.7. The van der Waals surface area contributed by atoms with E-state index in [0.29, 0.717) is 5.69 Å². The lowest BCUT2D eigenvalue weighted by Gasteiger charge is -2.07. The van der Waals surface area contributed by atoms with Crippen molar-refractivity contribution in [3.05, 3.63) is 45.1 Å². The molecular weight excluding hydrogens is 302 g/mol. The van der Waals surface area contributed by atoms with E-state index in [4.69, 9.17) is 11.6 Å². The van der Waals surface area contributed by atoms with Crippen molar-refractivity contribution in [1.82, 2.24) is 0 Å². The van der Waals surface area contributed by atoms with Crippen LogP contribution in [0.2, 0.25) is 5.02 Å². The average molecular weight is 312 g/mol. The Hall–Kier alpha value is -2.05. The van der Waals surface area contributed by atoms with Gasteiger partial charge in [-0.25, -0.2) is 4.79 Å². The summed E-state index contributed by atoms with van der Waals surface area (Å²) in [6.45, 7) is 0. The topological polar surface area (TPSA) is 75.6 Å². The monoisotopic (exact) mass is 311 g/mol. The van der Waals surface area contributed by atoms with Crippen molar-refractivity contribution in [2.24, 2.45) is 0 Å². The third-order valence-electron chi connectivity index (χ3n) is 2.48. The van der Waals surface area contributed by atoms with E-state index in [-0.39, 0.29) is 21.2 Å². The van der Waals surface area contributed by atoms with E-state index in [0.717, 1.165) is 11.3 Å². The van der Waals surface area contributed by atoms with Gasteiger partial charge in [-0.3, -0.25) is 4.79 Å². The van der Waals surface area contributed by atoms with Crippen molar-refractivity contribution in [3.63, 3.8) is 0 Å². The summed E-state index contributed by atoms with van der Waals surface area (Å²) in [6.07, 6.45) is 0. The fourth-order valence-corrected chi connectivity index (χ4v) is 2.50. The SMILES string of the molecule is COC(=O)c1sccc1NC(=O)c1cc(O)ccc1Cl. The number of methoxy groups -OCH3 is 1. The van der Waals surface area contributed by atoms with Crippen LogP contribution in [0, 0.1) is 0 Å². The van der Waals surface area contributed by atoms with Gasteiger partial charge in [0, 0.05) is 0 Å². The number of ether oxygens (including phenoxy) is 1. The van der Waals surface area contributed by atoms with E-state index in [1.54, 1.807) is 11.4 Å². The highest BCUT2D eigenvalue weighted by atomic mass is 35.5. The number of nitrogens with one attached hydrogen (secondary N) is 1. The Balaban J connectivity index is 2.26. The van der Waals surface area contributed by atoms with E-state index in [2.05, 4.69) is 10.1 Å². The molecule has 2 N–H and O–H groups in total. The first-order valence-corrected chi connectivity index (χ1v) is 6.74. The first-order chi connectivity index (χ1) is 9.52. The van der Waals surface area contributed by atoms with Crippen LogP contribution in [-0.2, 0) is 4.74 Å². The molecule has 0 aliphatic rings. The van der Waals surface area contributed by atoms with Crippen LogP contribution in [0.25, 0.3) is 0 Å². The Bertz CT molecular complexity index is 668. The molecule has 0 radical (unpaired) electrons. The zero-order valence-electron chi connectivity index (χ0n) is 10.3. The fraction of sp³-hybridized carbons (Fsp3) is 0.0769. The average Bonchev–Trinajstić information content (AvgIpc) is 2.88. The Labute approximate surface area is 123 Å². The number of benzene rings is 1. The molecule has 0 bridgehead atoms. The van der Waals surface area contributed by atoms with E-state index in [1.165, 1.54) is 25.3 Å². The van der Waals surface area contributed by atoms with Crippen molar-refractivity contribution in [1.29, 1.82) is 0 Å². The predicted molar refractivity (Wildman–Crippen MR) is 76.7 cm³/mol. The molecular formula is C13H10ClNO4S. The number of hydrogen-bond donors (Lipinski definition) is 2. The Morgan fingerprint density at radius 1 is 1.35 bits per heavy atom. The number of esters is 1. The molecule has 2 rings (SSSR count). The first-order valence-electron chi connectivity index (χ1n) is 5.48. The van der Waals surface area contributed by atoms with Gasteiger partial charge in [-0.05, 0) is 29.6 Å². The Kier molecular flexibility index (Phi) is 4.26. The molecule has 2 aromatic rings. The second-order valence-corrected chi connectivity index (χ2v) is 5.10. The summed E-state index contributed by atoms with van der Waals surface area (Å²) in [5.74, 6) is -1.12. The second kappa shape index (κ2) is 5.94. The molecule has 0 unspecified atom stereocenters. The number of thiophene rings is 1. The largest absolute Gasteiger partial charge is 0.508 e. The quantitative estimate of drug-likeness (QED) is 0.854. The predicted octanol–water partition coefficient (Wildman–Crippen LogP) is 3.15. The van der Waals surface area contributed by atoms with Crippen LogP contribution in [0.1, 0.15) is 20.0 Å². The summed E-state index contributed by atoms with van der Waals surface area (Å²) in [5, 5.41) is 13.8. The first kappa shape index (κ1) is 14.4. The lowest BCUT2D eigenvalue weighted by Crippen LogP contribution is -2.14. The van der Waals surface area contributed by atoms with Gasteiger partial charge in [0.15, 0.2) is 0 Å². The van der Waals surface area contributed by atoms with Gasteiger partial charge in [-0.1, -0.05) is 11.6 Å². The van der Waals surface area contributed by atoms with Crippen molar-refractivity contribution in [2.45, 2.75) is 0 Å². The third kappa shape index (κ3) is 2.92. The Morgan fingerprint density at radius 3 is 2.80 bits per heavy atom. The molecule has 20 heavy (non-hydrogen) atoms. The van der Waals surface area contributed by atoms with Gasteiger partial charge < -0.3 is 15.2 Å². The molecule has 0 saturated heterocycles. The van der Waals surface area contributed by atoms with Crippen LogP contribution in [0.4, 0.5) is 5.69 Å². The van der Waals surface area contributed by atoms with E-state index in [9.17, 15) is 14.7 Å². The molecule has 104 valence electrons. The van der Waals surface area contributed by atoms with Crippen molar-refractivity contribution in [2.75, 3.05) is 12.4 Å². The highest BCUT2D eigenvalue weighted by Gasteiger charge is 2.18. The molecule has 1 aromatic carbocycles. The standard InChI is InChI=1S/C13H10ClNO4S/c1-19-13(18)11-10(4-5-20-11)15-12(17)8-6-7(16)2-3-9(8)14/h2-6,16H,1H3,(H,15,17). The van der Waals surface area contributed by atoms with Gasteiger partial charge in [0.1, 0.15) is 10.6 Å². The number of amides is 1. The summed E-state index contributed by atoms with van der Waals surface area (Å²) in [7, 11) is 1.26. The second-order valence-electron chi connectivity index (χ2n) is 3.77. The van der Waals surface area contributed by atoms with Crippen LogP contribution in [0.5, 0.6) is 5.75 Å². The minimum absolute atomic E-state index is 0.0712. The van der Waals surface area contributed by atoms with Gasteiger partial charge in [-0.15, -0.1) is 11.3 Å². The van der Waals surface area contributed by atoms with Gasteiger partial charge in [0.2, 0.25) is 0 Å². The molecule has 0 atom stereocenters. The summed E-state index contributed by atoms with van der Waals surface area (Å²) in [6, 6.07) is 5.64. The van der Waals surface area contributed by atoms with E-state index < -0.39 is 11.9 Å². The number of anilines is 1. The molecule has 0 saturated carbocycles. The molecule has 7 heteroatoms. The minimum Gasteiger partial charge on any atom is -0.508 e. The summed E-state index contributed by atoms with van der Waals surface area (Å²) in [5.41, 5.74) is 0.458. The summed E-state index contributed by atoms with van der Waals surface area (Å²) >= 11 is 7.06. The number of hydrogen-bond acceptors (Lipinski definition) is 5. The van der Waals surface area contributed by atoms with Gasteiger partial charge in [0.05, 0.1) is 23.4 Å². The number of aromatic hydroxyl groups is 1. The minimum atomic E-state index is -0.530. The van der Waals surface area contributed by atoms with Crippen molar-refractivity contribution in [3.8, 4) is 5.75 Å². The molecule has 0 aliphatic carbocycles. The number of phenolic OH excluding ortho intramolecular Hbond substituents is 1. The van der Waals surface area contributed by atoms with Crippen molar-refractivity contribution >= 4 is 40.5 Å². The summed E-state index contributed by atoms with van der Waals surface area (Å²) in [4.78, 5) is 23.9. The maximum absolute atomic E-state index is 12.1.